The highest BCUT2D eigenvalue weighted by molar-refractivity contribution is 5.89. The molecule has 2 atom stereocenters. The van der Waals surface area contributed by atoms with Gasteiger partial charge in [0, 0.05) is 18.7 Å². The fraction of sp³-hybridized carbons (Fsp3) is 0.452. The minimum Gasteiger partial charge on any atom is -0.444 e. The van der Waals surface area contributed by atoms with E-state index in [1.807, 2.05) is 67.4 Å². The van der Waals surface area contributed by atoms with Gasteiger partial charge in [0.15, 0.2) is 0 Å². The number of ether oxygens (including phenoxy) is 1. The minimum absolute atomic E-state index is 0.170. The summed E-state index contributed by atoms with van der Waals surface area (Å²) in [5.41, 5.74) is 5.59. The number of aryl methyl sites for hydroxylation is 1. The van der Waals surface area contributed by atoms with Crippen LogP contribution >= 0.6 is 0 Å². The summed E-state index contributed by atoms with van der Waals surface area (Å²) in [6, 6.07) is 16.8. The van der Waals surface area contributed by atoms with Crippen molar-refractivity contribution in [2.75, 3.05) is 11.6 Å². The molecule has 2 aromatic carbocycles. The number of nitrogens with one attached hydrogen (secondary N) is 3. The monoisotopic (exact) mass is 534 g/mol. The number of amides is 3. The summed E-state index contributed by atoms with van der Waals surface area (Å²) in [5, 5.41) is 7.61. The zero-order valence-electron chi connectivity index (χ0n) is 23.7. The molecule has 0 saturated carbocycles. The normalized spacial score (nSPS) is 14.6. The first-order valence-corrected chi connectivity index (χ1v) is 13.7. The molecule has 8 heteroatoms. The maximum atomic E-state index is 13.3. The number of hydrogen-bond donors (Lipinski definition) is 3. The molecule has 3 amide bonds. The molecule has 39 heavy (non-hydrogen) atoms. The Kier molecular flexibility index (Phi) is 10.5. The van der Waals surface area contributed by atoms with E-state index in [1.165, 1.54) is 11.6 Å². The van der Waals surface area contributed by atoms with Gasteiger partial charge < -0.3 is 15.4 Å². The van der Waals surface area contributed by atoms with Gasteiger partial charge in [0.2, 0.25) is 5.91 Å². The second kappa shape index (κ2) is 13.8. The fourth-order valence-corrected chi connectivity index (χ4v) is 4.45. The lowest BCUT2D eigenvalue weighted by Gasteiger charge is -2.25. The largest absolute Gasteiger partial charge is 0.444 e. The number of nitrogens with zero attached hydrogens (tertiary/aromatic N) is 1. The van der Waals surface area contributed by atoms with Crippen LogP contribution in [0.1, 0.15) is 58.6 Å². The third kappa shape index (κ3) is 10.1. The van der Waals surface area contributed by atoms with Crippen LogP contribution in [-0.2, 0) is 27.2 Å². The molecule has 1 aliphatic heterocycles. The van der Waals surface area contributed by atoms with Gasteiger partial charge in [-0.05, 0) is 69.6 Å². The molecule has 0 fully saturated rings. The highest BCUT2D eigenvalue weighted by atomic mass is 16.6. The number of hydrogen-bond acceptors (Lipinski definition) is 5. The third-order valence-electron chi connectivity index (χ3n) is 6.24. The lowest BCUT2D eigenvalue weighted by Crippen LogP contribution is -2.51. The topological polar surface area (TPSA) is 99.8 Å². The number of fused-ring (bicyclic) bond motifs is 1. The molecular formula is C31H42N4O4. The van der Waals surface area contributed by atoms with Crippen LogP contribution in [0.2, 0.25) is 0 Å². The highest BCUT2D eigenvalue weighted by Crippen LogP contribution is 2.25. The lowest BCUT2D eigenvalue weighted by atomic mass is 10.0. The maximum Gasteiger partial charge on any atom is 0.408 e. The molecule has 0 aromatic heterocycles. The summed E-state index contributed by atoms with van der Waals surface area (Å²) in [4.78, 5) is 38.6. The van der Waals surface area contributed by atoms with Gasteiger partial charge in [-0.3, -0.25) is 20.0 Å². The van der Waals surface area contributed by atoms with Crippen molar-refractivity contribution in [3.8, 4) is 0 Å². The Morgan fingerprint density at radius 1 is 1.00 bits per heavy atom. The summed E-state index contributed by atoms with van der Waals surface area (Å²) in [5.74, 6) is -0.412. The SMILES string of the molecule is CC(C)C[C@H](NC(=O)OC(C)(C)C)C(=O)NC(C=CC(=O)NN1CCc2ccccc21)CCc1ccccc1. The highest BCUT2D eigenvalue weighted by Gasteiger charge is 2.26. The molecule has 1 heterocycles. The van der Waals surface area contributed by atoms with Gasteiger partial charge in [0.05, 0.1) is 5.69 Å². The predicted octanol–water partition coefficient (Wildman–Crippen LogP) is 4.69. The maximum absolute atomic E-state index is 13.3. The second-order valence-electron chi connectivity index (χ2n) is 11.3. The molecule has 8 nitrogen and oxygen atoms in total. The molecule has 1 aliphatic rings. The van der Waals surface area contributed by atoms with Crippen molar-refractivity contribution in [3.63, 3.8) is 0 Å². The van der Waals surface area contributed by atoms with E-state index < -0.39 is 23.8 Å². The summed E-state index contributed by atoms with van der Waals surface area (Å²) < 4.78 is 5.38. The van der Waals surface area contributed by atoms with Gasteiger partial charge in [0.25, 0.3) is 5.91 Å². The Bertz CT molecular complexity index is 1140. The van der Waals surface area contributed by atoms with Gasteiger partial charge in [-0.1, -0.05) is 68.5 Å². The van der Waals surface area contributed by atoms with E-state index in [2.05, 4.69) is 22.1 Å². The van der Waals surface area contributed by atoms with Gasteiger partial charge >= 0.3 is 6.09 Å². The van der Waals surface area contributed by atoms with Gasteiger partial charge in [-0.2, -0.15) is 0 Å². The Morgan fingerprint density at radius 2 is 1.69 bits per heavy atom. The molecule has 3 N–H and O–H groups in total. The van der Waals surface area contributed by atoms with E-state index in [1.54, 1.807) is 26.8 Å². The molecule has 0 aliphatic carbocycles. The van der Waals surface area contributed by atoms with Crippen LogP contribution in [0, 0.1) is 5.92 Å². The molecule has 0 spiro atoms. The Hall–Kier alpha value is -3.81. The van der Waals surface area contributed by atoms with Crippen LogP contribution in [0.5, 0.6) is 0 Å². The quantitative estimate of drug-likeness (QED) is 0.363. The number of para-hydroxylation sites is 1. The Labute approximate surface area is 232 Å². The average Bonchev–Trinajstić information content (AvgIpc) is 3.27. The van der Waals surface area contributed by atoms with Crippen LogP contribution < -0.4 is 21.1 Å². The summed E-state index contributed by atoms with van der Waals surface area (Å²) in [7, 11) is 0. The van der Waals surface area contributed by atoms with Crippen molar-refractivity contribution in [3.05, 3.63) is 77.9 Å². The molecule has 0 saturated heterocycles. The number of alkyl carbamates (subject to hydrolysis) is 1. The molecule has 210 valence electrons. The van der Waals surface area contributed by atoms with E-state index in [9.17, 15) is 14.4 Å². The zero-order chi connectivity index (χ0) is 28.4. The van der Waals surface area contributed by atoms with E-state index in [0.29, 0.717) is 25.8 Å². The number of carbonyl (C=O) groups is 3. The third-order valence-corrected chi connectivity index (χ3v) is 6.24. The number of rotatable bonds is 11. The Morgan fingerprint density at radius 3 is 2.38 bits per heavy atom. The summed E-state index contributed by atoms with van der Waals surface area (Å²) in [6.07, 6.45) is 5.18. The second-order valence-corrected chi connectivity index (χ2v) is 11.3. The Balaban J connectivity index is 1.69. The molecule has 2 aromatic rings. The van der Waals surface area contributed by atoms with Crippen molar-refractivity contribution in [2.45, 2.75) is 78.0 Å². The van der Waals surface area contributed by atoms with Crippen molar-refractivity contribution >= 4 is 23.6 Å². The standard InChI is InChI=1S/C31H42N4O4/c1-22(2)21-26(33-30(38)39-31(3,4)5)29(37)32-25(16-15-23-11-7-6-8-12-23)17-18-28(36)34-35-20-19-24-13-9-10-14-27(24)35/h6-14,17-18,22,25-26H,15-16,19-21H2,1-5H3,(H,32,37)(H,33,38)(H,34,36)/t25?,26-/m0/s1. The van der Waals surface area contributed by atoms with E-state index in [4.69, 9.17) is 4.74 Å². The van der Waals surface area contributed by atoms with Crippen LogP contribution in [0.4, 0.5) is 10.5 Å². The number of carbonyl (C=O) groups excluding carboxylic acids is 3. The molecule has 0 radical (unpaired) electrons. The fourth-order valence-electron chi connectivity index (χ4n) is 4.45. The van der Waals surface area contributed by atoms with E-state index in [0.717, 1.165) is 17.7 Å². The molecule has 1 unspecified atom stereocenters. The zero-order valence-corrected chi connectivity index (χ0v) is 23.7. The first-order chi connectivity index (χ1) is 18.5. The predicted molar refractivity (Wildman–Crippen MR) is 154 cm³/mol. The van der Waals surface area contributed by atoms with Gasteiger partial charge in [-0.25, -0.2) is 4.79 Å². The first-order valence-electron chi connectivity index (χ1n) is 13.7. The van der Waals surface area contributed by atoms with Crippen molar-refractivity contribution in [2.24, 2.45) is 5.92 Å². The molecule has 0 bridgehead atoms. The van der Waals surface area contributed by atoms with Crippen LogP contribution in [0.15, 0.2) is 66.7 Å². The van der Waals surface area contributed by atoms with Gasteiger partial charge in [0.1, 0.15) is 11.6 Å². The van der Waals surface area contributed by atoms with E-state index in [-0.39, 0.29) is 17.7 Å². The van der Waals surface area contributed by atoms with Crippen molar-refractivity contribution in [1.82, 2.24) is 16.1 Å². The number of hydrazine groups is 1. The van der Waals surface area contributed by atoms with Crippen LogP contribution in [-0.4, -0.2) is 42.1 Å². The van der Waals surface area contributed by atoms with Gasteiger partial charge in [-0.15, -0.1) is 0 Å². The molecule has 3 rings (SSSR count). The summed E-state index contributed by atoms with van der Waals surface area (Å²) in [6.45, 7) is 10.0. The molecular weight excluding hydrogens is 492 g/mol. The number of anilines is 1. The van der Waals surface area contributed by atoms with Crippen LogP contribution in [0.3, 0.4) is 0 Å². The smallest absolute Gasteiger partial charge is 0.408 e. The minimum atomic E-state index is -0.762. The van der Waals surface area contributed by atoms with Crippen LogP contribution in [0.25, 0.3) is 0 Å². The summed E-state index contributed by atoms with van der Waals surface area (Å²) >= 11 is 0. The lowest BCUT2D eigenvalue weighted by molar-refractivity contribution is -0.124. The van der Waals surface area contributed by atoms with Crippen molar-refractivity contribution in [1.29, 1.82) is 0 Å². The first kappa shape index (κ1) is 29.7. The number of benzene rings is 2. The van der Waals surface area contributed by atoms with E-state index >= 15 is 0 Å². The van der Waals surface area contributed by atoms with Crippen molar-refractivity contribution < 1.29 is 19.1 Å². The average molecular weight is 535 g/mol.